The number of phenols is 1. The first-order chi connectivity index (χ1) is 5.18. The first kappa shape index (κ1) is 7.92. The molecule has 2 heteroatoms. The van der Waals surface area contributed by atoms with Gasteiger partial charge in [0.05, 0.1) is 6.10 Å². The first-order valence-electron chi connectivity index (χ1n) is 3.64. The minimum atomic E-state index is 0.150. The molecule has 0 spiro atoms. The molecule has 0 saturated carbocycles. The largest absolute Gasteiger partial charge is 0.508 e. The summed E-state index contributed by atoms with van der Waals surface area (Å²) in [5.74, 6) is 0.947. The molecule has 0 aliphatic carbocycles. The maximum absolute atomic E-state index is 9.05. The van der Waals surface area contributed by atoms with Crippen molar-refractivity contribution in [1.82, 2.24) is 0 Å². The van der Waals surface area contributed by atoms with E-state index in [1.54, 1.807) is 18.2 Å². The van der Waals surface area contributed by atoms with Crippen LogP contribution in [0.3, 0.4) is 0 Å². The molecule has 1 N–H and O–H groups in total. The van der Waals surface area contributed by atoms with Crippen molar-refractivity contribution in [2.45, 2.75) is 20.0 Å². The van der Waals surface area contributed by atoms with E-state index < -0.39 is 0 Å². The molecule has 2 nitrogen and oxygen atoms in total. The van der Waals surface area contributed by atoms with E-state index in [1.165, 1.54) is 0 Å². The van der Waals surface area contributed by atoms with E-state index in [2.05, 4.69) is 0 Å². The molecule has 0 unspecified atom stereocenters. The summed E-state index contributed by atoms with van der Waals surface area (Å²) >= 11 is 0. The van der Waals surface area contributed by atoms with Crippen LogP contribution >= 0.6 is 0 Å². The van der Waals surface area contributed by atoms with Gasteiger partial charge in [0.15, 0.2) is 0 Å². The fourth-order valence-electron chi connectivity index (χ4n) is 0.829. The minimum Gasteiger partial charge on any atom is -0.508 e. The van der Waals surface area contributed by atoms with Crippen molar-refractivity contribution >= 4 is 0 Å². The van der Waals surface area contributed by atoms with Crippen molar-refractivity contribution in [1.29, 1.82) is 0 Å². The average molecular weight is 152 g/mol. The molecule has 0 bridgehead atoms. The Kier molecular flexibility index (Phi) is 2.36. The maximum atomic E-state index is 9.05. The van der Waals surface area contributed by atoms with Crippen LogP contribution in [0, 0.1) is 0 Å². The van der Waals surface area contributed by atoms with Gasteiger partial charge in [0.25, 0.3) is 0 Å². The molecule has 11 heavy (non-hydrogen) atoms. The molecule has 0 saturated heterocycles. The highest BCUT2D eigenvalue weighted by Gasteiger charge is 1.96. The smallest absolute Gasteiger partial charge is 0.123 e. The summed E-state index contributed by atoms with van der Waals surface area (Å²) in [4.78, 5) is 0. The summed E-state index contributed by atoms with van der Waals surface area (Å²) in [6.07, 6.45) is 0.150. The third-order valence-corrected chi connectivity index (χ3v) is 1.19. The molecule has 0 atom stereocenters. The van der Waals surface area contributed by atoms with Gasteiger partial charge in [-0.05, 0) is 26.0 Å². The molecule has 0 aliphatic heterocycles. The predicted molar refractivity (Wildman–Crippen MR) is 43.9 cm³/mol. The van der Waals surface area contributed by atoms with Crippen LogP contribution in [-0.4, -0.2) is 11.2 Å². The molecule has 0 fully saturated rings. The fourth-order valence-corrected chi connectivity index (χ4v) is 0.829. The summed E-state index contributed by atoms with van der Waals surface area (Å²) in [6, 6.07) is 6.79. The molecular weight excluding hydrogens is 140 g/mol. The van der Waals surface area contributed by atoms with Crippen LogP contribution in [0.2, 0.25) is 0 Å². The van der Waals surface area contributed by atoms with Crippen LogP contribution < -0.4 is 4.74 Å². The number of phenolic OH excluding ortho intramolecular Hbond substituents is 1. The van der Waals surface area contributed by atoms with Crippen molar-refractivity contribution in [2.24, 2.45) is 0 Å². The molecule has 0 aliphatic rings. The van der Waals surface area contributed by atoms with E-state index in [4.69, 9.17) is 9.84 Å². The lowest BCUT2D eigenvalue weighted by atomic mass is 10.3. The number of aromatic hydroxyl groups is 1. The molecule has 1 aromatic carbocycles. The van der Waals surface area contributed by atoms with Crippen molar-refractivity contribution in [2.75, 3.05) is 0 Å². The third kappa shape index (κ3) is 2.50. The Morgan fingerprint density at radius 3 is 2.64 bits per heavy atom. The maximum Gasteiger partial charge on any atom is 0.123 e. The zero-order chi connectivity index (χ0) is 8.27. The van der Waals surface area contributed by atoms with Crippen LogP contribution in [-0.2, 0) is 0 Å². The number of hydrogen-bond donors (Lipinski definition) is 1. The molecule has 1 aromatic rings. The van der Waals surface area contributed by atoms with Crippen LogP contribution in [0.4, 0.5) is 0 Å². The average Bonchev–Trinajstić information content (AvgIpc) is 1.85. The Bertz CT molecular complexity index is 231. The SMILES string of the molecule is CC(C)Oc1cccc(O)c1. The highest BCUT2D eigenvalue weighted by molar-refractivity contribution is 5.31. The summed E-state index contributed by atoms with van der Waals surface area (Å²) < 4.78 is 5.34. The normalized spacial score (nSPS) is 10.1. The van der Waals surface area contributed by atoms with Gasteiger partial charge in [-0.2, -0.15) is 0 Å². The third-order valence-electron chi connectivity index (χ3n) is 1.19. The Balaban J connectivity index is 2.71. The molecule has 0 amide bonds. The lowest BCUT2D eigenvalue weighted by Gasteiger charge is -2.08. The van der Waals surface area contributed by atoms with E-state index in [1.807, 2.05) is 19.9 Å². The Hall–Kier alpha value is -1.18. The highest BCUT2D eigenvalue weighted by Crippen LogP contribution is 2.18. The van der Waals surface area contributed by atoms with Gasteiger partial charge < -0.3 is 9.84 Å². The van der Waals surface area contributed by atoms with Gasteiger partial charge in [-0.25, -0.2) is 0 Å². The zero-order valence-corrected chi connectivity index (χ0v) is 6.74. The number of rotatable bonds is 2. The van der Waals surface area contributed by atoms with Crippen LogP contribution in [0.15, 0.2) is 24.3 Å². The van der Waals surface area contributed by atoms with E-state index >= 15 is 0 Å². The van der Waals surface area contributed by atoms with Gasteiger partial charge in [0, 0.05) is 6.07 Å². The van der Waals surface area contributed by atoms with Gasteiger partial charge >= 0.3 is 0 Å². The van der Waals surface area contributed by atoms with Crippen molar-refractivity contribution in [3.8, 4) is 11.5 Å². The van der Waals surface area contributed by atoms with Crippen LogP contribution in [0.5, 0.6) is 11.5 Å². The Morgan fingerprint density at radius 2 is 2.09 bits per heavy atom. The molecule has 1 rings (SSSR count). The van der Waals surface area contributed by atoms with Crippen molar-refractivity contribution in [3.05, 3.63) is 24.3 Å². The van der Waals surface area contributed by atoms with Crippen LogP contribution in [0.1, 0.15) is 13.8 Å². The van der Waals surface area contributed by atoms with E-state index in [-0.39, 0.29) is 11.9 Å². The van der Waals surface area contributed by atoms with Gasteiger partial charge in [-0.1, -0.05) is 6.07 Å². The second kappa shape index (κ2) is 3.28. The second-order valence-electron chi connectivity index (χ2n) is 2.66. The lowest BCUT2D eigenvalue weighted by Crippen LogP contribution is -2.04. The Labute approximate surface area is 66.4 Å². The minimum absolute atomic E-state index is 0.150. The highest BCUT2D eigenvalue weighted by atomic mass is 16.5. The van der Waals surface area contributed by atoms with E-state index in [0.29, 0.717) is 5.75 Å². The van der Waals surface area contributed by atoms with Gasteiger partial charge in [0.1, 0.15) is 11.5 Å². The van der Waals surface area contributed by atoms with E-state index in [9.17, 15) is 0 Å². The summed E-state index contributed by atoms with van der Waals surface area (Å²) in [6.45, 7) is 3.90. The first-order valence-corrected chi connectivity index (χ1v) is 3.64. The lowest BCUT2D eigenvalue weighted by molar-refractivity contribution is 0.241. The monoisotopic (exact) mass is 152 g/mol. The predicted octanol–water partition coefficient (Wildman–Crippen LogP) is 2.18. The molecular formula is C9H12O2. The number of benzene rings is 1. The van der Waals surface area contributed by atoms with Gasteiger partial charge in [0.2, 0.25) is 0 Å². The zero-order valence-electron chi connectivity index (χ0n) is 6.74. The molecule has 60 valence electrons. The second-order valence-corrected chi connectivity index (χ2v) is 2.66. The summed E-state index contributed by atoms with van der Waals surface area (Å²) in [5.41, 5.74) is 0. The number of hydrogen-bond acceptors (Lipinski definition) is 2. The molecule has 0 heterocycles. The molecule has 0 aromatic heterocycles. The Morgan fingerprint density at radius 1 is 1.36 bits per heavy atom. The fraction of sp³-hybridized carbons (Fsp3) is 0.333. The topological polar surface area (TPSA) is 29.5 Å². The molecule has 0 radical (unpaired) electrons. The van der Waals surface area contributed by atoms with Gasteiger partial charge in [-0.15, -0.1) is 0 Å². The standard InChI is InChI=1S/C9H12O2/c1-7(2)11-9-5-3-4-8(10)6-9/h3-7,10H,1-2H3. The summed E-state index contributed by atoms with van der Waals surface area (Å²) in [5, 5.41) is 9.05. The van der Waals surface area contributed by atoms with Crippen molar-refractivity contribution in [3.63, 3.8) is 0 Å². The van der Waals surface area contributed by atoms with E-state index in [0.717, 1.165) is 0 Å². The van der Waals surface area contributed by atoms with Crippen molar-refractivity contribution < 1.29 is 9.84 Å². The summed E-state index contributed by atoms with van der Waals surface area (Å²) in [7, 11) is 0. The van der Waals surface area contributed by atoms with Gasteiger partial charge in [-0.3, -0.25) is 0 Å². The van der Waals surface area contributed by atoms with Crippen LogP contribution in [0.25, 0.3) is 0 Å². The quantitative estimate of drug-likeness (QED) is 0.703. The number of ether oxygens (including phenoxy) is 1.